The van der Waals surface area contributed by atoms with Crippen LogP contribution in [0.3, 0.4) is 0 Å². The number of aromatic nitrogens is 2. The van der Waals surface area contributed by atoms with E-state index in [4.69, 9.17) is 14.7 Å². The van der Waals surface area contributed by atoms with Crippen LogP contribution in [-0.4, -0.2) is 64.4 Å². The molecule has 4 rings (SSSR count). The molecule has 0 radical (unpaired) electrons. The second-order valence-corrected chi connectivity index (χ2v) is 7.81. The standard InChI is InChI=1S/C24H24N4O6/c1-28(34-13-22(29)30)23(31)21(10-15-11-25-14-26-15)27-24(32)33-12-20-18-8-4-2-6-16(18)17-7-3-5-9-19(17)20/h2-9,11,14,20-21H,10,12-13H2,1H3,(H,25,26)(H,27,32)(H,29,30). The minimum atomic E-state index is -1.23. The van der Waals surface area contributed by atoms with E-state index < -0.39 is 30.6 Å². The summed E-state index contributed by atoms with van der Waals surface area (Å²) in [6, 6.07) is 14.9. The van der Waals surface area contributed by atoms with Crippen molar-refractivity contribution in [2.45, 2.75) is 18.4 Å². The number of hydroxylamine groups is 2. The Kier molecular flexibility index (Phi) is 6.88. The maximum atomic E-state index is 12.8. The number of carbonyl (C=O) groups is 3. The molecule has 2 amide bonds. The van der Waals surface area contributed by atoms with Gasteiger partial charge in [-0.1, -0.05) is 48.5 Å². The number of aromatic amines is 1. The van der Waals surface area contributed by atoms with Crippen LogP contribution >= 0.6 is 0 Å². The number of carbonyl (C=O) groups excluding carboxylic acids is 2. The minimum absolute atomic E-state index is 0.0871. The Hall–Kier alpha value is -4.18. The van der Waals surface area contributed by atoms with E-state index in [1.807, 2.05) is 48.5 Å². The molecule has 0 spiro atoms. The van der Waals surface area contributed by atoms with Crippen LogP contribution in [0.1, 0.15) is 22.7 Å². The van der Waals surface area contributed by atoms with Gasteiger partial charge in [0.05, 0.1) is 6.33 Å². The number of nitrogens with zero attached hydrogens (tertiary/aromatic N) is 2. The largest absolute Gasteiger partial charge is 0.479 e. The first-order chi connectivity index (χ1) is 16.4. The van der Waals surface area contributed by atoms with E-state index in [1.165, 1.54) is 19.6 Å². The Morgan fingerprint density at radius 3 is 2.35 bits per heavy atom. The number of likely N-dealkylation sites (N-methyl/N-ethyl adjacent to an activating group) is 1. The van der Waals surface area contributed by atoms with E-state index in [9.17, 15) is 14.4 Å². The lowest BCUT2D eigenvalue weighted by atomic mass is 9.98. The zero-order valence-electron chi connectivity index (χ0n) is 18.4. The van der Waals surface area contributed by atoms with Crippen LogP contribution in [0.25, 0.3) is 11.1 Å². The number of rotatable bonds is 9. The third-order valence-electron chi connectivity index (χ3n) is 5.60. The van der Waals surface area contributed by atoms with Gasteiger partial charge >= 0.3 is 12.1 Å². The first-order valence-corrected chi connectivity index (χ1v) is 10.6. The van der Waals surface area contributed by atoms with Gasteiger partial charge in [-0.05, 0) is 22.3 Å². The maximum absolute atomic E-state index is 12.8. The molecule has 1 aliphatic carbocycles. The molecule has 2 aromatic carbocycles. The summed E-state index contributed by atoms with van der Waals surface area (Å²) < 4.78 is 5.54. The molecule has 176 valence electrons. The second kappa shape index (κ2) is 10.2. The fraction of sp³-hybridized carbons (Fsp3) is 0.250. The molecule has 1 heterocycles. The number of aliphatic carboxylic acids is 1. The normalized spacial score (nSPS) is 13.0. The highest BCUT2D eigenvalue weighted by molar-refractivity contribution is 5.85. The molecule has 1 unspecified atom stereocenters. The zero-order chi connectivity index (χ0) is 24.1. The van der Waals surface area contributed by atoms with Gasteiger partial charge in [-0.2, -0.15) is 0 Å². The number of fused-ring (bicyclic) bond motifs is 3. The number of amides is 2. The summed E-state index contributed by atoms with van der Waals surface area (Å²) in [6.45, 7) is -0.597. The SMILES string of the molecule is CN(OCC(=O)O)C(=O)C(Cc1cnc[nH]1)NC(=O)OCC1c2ccccc2-c2ccccc21. The number of hydrogen-bond acceptors (Lipinski definition) is 6. The summed E-state index contributed by atoms with van der Waals surface area (Å²) >= 11 is 0. The molecular formula is C24H24N4O6. The summed E-state index contributed by atoms with van der Waals surface area (Å²) in [5, 5.41) is 12.1. The Morgan fingerprint density at radius 2 is 1.76 bits per heavy atom. The number of benzene rings is 2. The molecular weight excluding hydrogens is 440 g/mol. The van der Waals surface area contributed by atoms with Gasteiger partial charge in [-0.15, -0.1) is 0 Å². The molecule has 1 atom stereocenters. The predicted molar refractivity (Wildman–Crippen MR) is 121 cm³/mol. The number of imidazole rings is 1. The fourth-order valence-corrected chi connectivity index (χ4v) is 4.03. The van der Waals surface area contributed by atoms with Crippen LogP contribution in [0.2, 0.25) is 0 Å². The maximum Gasteiger partial charge on any atom is 0.407 e. The molecule has 3 N–H and O–H groups in total. The number of ether oxygens (including phenoxy) is 1. The van der Waals surface area contributed by atoms with Gasteiger partial charge in [-0.3, -0.25) is 9.63 Å². The van der Waals surface area contributed by atoms with Gasteiger partial charge in [-0.25, -0.2) is 19.6 Å². The average Bonchev–Trinajstić information content (AvgIpc) is 3.46. The van der Waals surface area contributed by atoms with E-state index >= 15 is 0 Å². The summed E-state index contributed by atoms with van der Waals surface area (Å²) in [7, 11) is 1.28. The lowest BCUT2D eigenvalue weighted by molar-refractivity contribution is -0.187. The number of H-pyrrole nitrogens is 1. The quantitative estimate of drug-likeness (QED) is 0.414. The van der Waals surface area contributed by atoms with E-state index in [2.05, 4.69) is 15.3 Å². The Morgan fingerprint density at radius 1 is 1.12 bits per heavy atom. The summed E-state index contributed by atoms with van der Waals surface area (Å²) in [5.74, 6) is -1.99. The van der Waals surface area contributed by atoms with Crippen LogP contribution in [-0.2, 0) is 25.6 Å². The van der Waals surface area contributed by atoms with Gasteiger partial charge in [0, 0.05) is 31.3 Å². The Balaban J connectivity index is 1.44. The molecule has 34 heavy (non-hydrogen) atoms. The van der Waals surface area contributed by atoms with Crippen molar-refractivity contribution in [1.29, 1.82) is 0 Å². The smallest absolute Gasteiger partial charge is 0.407 e. The van der Waals surface area contributed by atoms with Crippen LogP contribution in [0, 0.1) is 0 Å². The van der Waals surface area contributed by atoms with E-state index in [0.717, 1.165) is 27.3 Å². The van der Waals surface area contributed by atoms with E-state index in [-0.39, 0.29) is 18.9 Å². The van der Waals surface area contributed by atoms with Crippen LogP contribution in [0.5, 0.6) is 0 Å². The van der Waals surface area contributed by atoms with Gasteiger partial charge in [0.15, 0.2) is 6.61 Å². The Bertz CT molecular complexity index is 1130. The molecule has 1 aliphatic rings. The predicted octanol–water partition coefficient (Wildman–Crippen LogP) is 2.33. The van der Waals surface area contributed by atoms with Crippen LogP contribution in [0.15, 0.2) is 61.1 Å². The van der Waals surface area contributed by atoms with Crippen LogP contribution < -0.4 is 5.32 Å². The molecule has 10 heteroatoms. The summed E-state index contributed by atoms with van der Waals surface area (Å²) in [4.78, 5) is 48.0. The molecule has 0 saturated carbocycles. The van der Waals surface area contributed by atoms with Crippen molar-refractivity contribution in [3.8, 4) is 11.1 Å². The number of alkyl carbamates (subject to hydrolysis) is 1. The van der Waals surface area contributed by atoms with E-state index in [1.54, 1.807) is 0 Å². The van der Waals surface area contributed by atoms with Crippen molar-refractivity contribution in [3.63, 3.8) is 0 Å². The fourth-order valence-electron chi connectivity index (χ4n) is 4.03. The van der Waals surface area contributed by atoms with E-state index in [0.29, 0.717) is 5.69 Å². The lowest BCUT2D eigenvalue weighted by Crippen LogP contribution is -2.49. The van der Waals surface area contributed by atoms with Crippen molar-refractivity contribution in [1.82, 2.24) is 20.3 Å². The number of hydrogen-bond donors (Lipinski definition) is 3. The monoisotopic (exact) mass is 464 g/mol. The van der Waals surface area contributed by atoms with Crippen molar-refractivity contribution >= 4 is 18.0 Å². The third-order valence-corrected chi connectivity index (χ3v) is 5.60. The summed E-state index contributed by atoms with van der Waals surface area (Å²) in [6.07, 6.45) is 2.29. The highest BCUT2D eigenvalue weighted by Gasteiger charge is 2.30. The lowest BCUT2D eigenvalue weighted by Gasteiger charge is -2.23. The second-order valence-electron chi connectivity index (χ2n) is 7.81. The number of carboxylic acid groups (broad SMARTS) is 1. The van der Waals surface area contributed by atoms with Crippen LogP contribution in [0.4, 0.5) is 4.79 Å². The first-order valence-electron chi connectivity index (χ1n) is 10.6. The molecule has 10 nitrogen and oxygen atoms in total. The Labute approximate surface area is 195 Å². The van der Waals surface area contributed by atoms with Gasteiger partial charge in [0.25, 0.3) is 5.91 Å². The molecule has 0 bridgehead atoms. The van der Waals surface area contributed by atoms with Crippen molar-refractivity contribution in [3.05, 3.63) is 77.9 Å². The van der Waals surface area contributed by atoms with Gasteiger partial charge < -0.3 is 20.1 Å². The molecule has 0 aliphatic heterocycles. The molecule has 3 aromatic rings. The van der Waals surface area contributed by atoms with Crippen molar-refractivity contribution < 1.29 is 29.1 Å². The highest BCUT2D eigenvalue weighted by atomic mass is 16.7. The van der Waals surface area contributed by atoms with Crippen molar-refractivity contribution in [2.75, 3.05) is 20.3 Å². The molecule has 0 fully saturated rings. The number of nitrogens with one attached hydrogen (secondary N) is 2. The average molecular weight is 464 g/mol. The number of carboxylic acids is 1. The molecule has 0 saturated heterocycles. The zero-order valence-corrected chi connectivity index (χ0v) is 18.4. The third kappa shape index (κ3) is 5.07. The molecule has 1 aromatic heterocycles. The minimum Gasteiger partial charge on any atom is -0.479 e. The van der Waals surface area contributed by atoms with Gasteiger partial charge in [0.1, 0.15) is 12.6 Å². The van der Waals surface area contributed by atoms with Crippen molar-refractivity contribution in [2.24, 2.45) is 0 Å². The highest BCUT2D eigenvalue weighted by Crippen LogP contribution is 2.44. The van der Waals surface area contributed by atoms with Gasteiger partial charge in [0.2, 0.25) is 0 Å². The topological polar surface area (TPSA) is 134 Å². The summed E-state index contributed by atoms with van der Waals surface area (Å²) in [5.41, 5.74) is 4.96. The first kappa shape index (κ1) is 23.0.